The Morgan fingerprint density at radius 1 is 0.627 bits per heavy atom. The van der Waals surface area contributed by atoms with Gasteiger partial charge < -0.3 is 36.0 Å². The number of fused-ring (bicyclic) bond motifs is 2. The second kappa shape index (κ2) is 30.3. The molecule has 4 amide bonds. The lowest BCUT2D eigenvalue weighted by Crippen LogP contribution is -2.50. The number of likely N-dealkylation sites (tertiary alicyclic amines) is 1. The third kappa shape index (κ3) is 18.0. The Bertz CT molecular complexity index is 3330. The quantitative estimate of drug-likeness (QED) is 0.0467. The summed E-state index contributed by atoms with van der Waals surface area (Å²) in [6.45, 7) is 11.2. The minimum atomic E-state index is -3.45. The molecule has 0 saturated carbocycles. The predicted molar refractivity (Wildman–Crippen MR) is 338 cm³/mol. The zero-order valence-corrected chi connectivity index (χ0v) is 51.8. The molecule has 0 radical (unpaired) electrons. The van der Waals surface area contributed by atoms with Crippen molar-refractivity contribution in [2.45, 2.75) is 114 Å². The van der Waals surface area contributed by atoms with Gasteiger partial charge in [0.15, 0.2) is 0 Å². The number of sulfonamides is 1. The molecule has 6 aromatic rings. The monoisotopic (exact) mass is 1250 g/mol. The fourth-order valence-corrected chi connectivity index (χ4v) is 12.8. The molecule has 5 atom stereocenters. The first-order valence-corrected chi connectivity index (χ1v) is 32.2. The molecule has 0 aromatic heterocycles. The number of carbonyl (C=O) groups excluding carboxylic acids is 4. The van der Waals surface area contributed by atoms with E-state index < -0.39 is 21.3 Å². The van der Waals surface area contributed by atoms with Gasteiger partial charge in [-0.3, -0.25) is 19.2 Å². The normalized spacial score (nSPS) is 19.5. The molecule has 3 heterocycles. The van der Waals surface area contributed by atoms with Gasteiger partial charge in [-0.2, -0.15) is 0 Å². The summed E-state index contributed by atoms with van der Waals surface area (Å²) in [6.07, 6.45) is 6.87. The topological polar surface area (TPSA) is 172 Å². The van der Waals surface area contributed by atoms with Crippen molar-refractivity contribution in [3.05, 3.63) is 163 Å². The van der Waals surface area contributed by atoms with Crippen LogP contribution in [0.4, 0.5) is 0 Å². The van der Waals surface area contributed by atoms with E-state index in [1.807, 2.05) is 82.6 Å². The fourth-order valence-electron chi connectivity index (χ4n) is 11.0. The number of nitrogens with one attached hydrogen (secondary N) is 5. The lowest BCUT2D eigenvalue weighted by atomic mass is 9.95. The highest BCUT2D eigenvalue weighted by Crippen LogP contribution is 2.32. The second-order valence-electron chi connectivity index (χ2n) is 22.1. The van der Waals surface area contributed by atoms with E-state index in [4.69, 9.17) is 58.0 Å². The maximum absolute atomic E-state index is 13.8. The van der Waals surface area contributed by atoms with Crippen LogP contribution in [0.15, 0.2) is 115 Å². The molecule has 14 nitrogen and oxygen atoms in total. The first-order chi connectivity index (χ1) is 39.8. The van der Waals surface area contributed by atoms with Gasteiger partial charge in [0.25, 0.3) is 11.8 Å². The molecule has 20 heteroatoms. The molecule has 0 unspecified atom stereocenters. The average Bonchev–Trinajstić information content (AvgIpc) is 3.91. The van der Waals surface area contributed by atoms with Gasteiger partial charge in [-0.15, -0.1) is 0 Å². The Kier molecular flexibility index (Phi) is 23.4. The van der Waals surface area contributed by atoms with Crippen LogP contribution in [-0.4, -0.2) is 135 Å². The van der Waals surface area contributed by atoms with Gasteiger partial charge in [-0.1, -0.05) is 126 Å². The zero-order chi connectivity index (χ0) is 59.2. The molecular formula is C63H75Cl5N8O6S. The van der Waals surface area contributed by atoms with Crippen molar-refractivity contribution < 1.29 is 27.6 Å². The SMILES string of the molecule is CC[C@H](CN1CC[C@@H](CNC(=O)c2ccc3cc(Cl)ccc3c2)N[C@@H](CCNS(=O)(=O)C(C)C)C1=O)c1ccccc1.O=C(NC[C@@H]1CCN(Cc2cc(Cl)cc(Cl)c2Cl)C(=O)[C@H](CCN2CCCCC2)N1)c1ccc2cc(Cl)ccc2c1. The van der Waals surface area contributed by atoms with E-state index in [-0.39, 0.29) is 54.2 Å². The van der Waals surface area contributed by atoms with Crippen molar-refractivity contribution in [3.8, 4) is 0 Å². The first-order valence-electron chi connectivity index (χ1n) is 28.8. The molecule has 3 aliphatic heterocycles. The Labute approximate surface area is 513 Å². The maximum Gasteiger partial charge on any atom is 0.251 e. The molecule has 3 fully saturated rings. The number of rotatable bonds is 20. The number of carbonyl (C=O) groups is 4. The summed E-state index contributed by atoms with van der Waals surface area (Å²) < 4.78 is 27.3. The van der Waals surface area contributed by atoms with E-state index >= 15 is 0 Å². The van der Waals surface area contributed by atoms with E-state index in [1.165, 1.54) is 24.8 Å². The van der Waals surface area contributed by atoms with Crippen molar-refractivity contribution in [1.29, 1.82) is 0 Å². The summed E-state index contributed by atoms with van der Waals surface area (Å²) in [5, 5.41) is 18.9. The van der Waals surface area contributed by atoms with Gasteiger partial charge in [0.2, 0.25) is 21.8 Å². The Morgan fingerprint density at radius 2 is 1.16 bits per heavy atom. The van der Waals surface area contributed by atoms with E-state index in [1.54, 1.807) is 44.2 Å². The molecule has 444 valence electrons. The molecule has 3 aliphatic rings. The number of hydrogen-bond acceptors (Lipinski definition) is 9. The van der Waals surface area contributed by atoms with Gasteiger partial charge in [-0.25, -0.2) is 13.1 Å². The molecule has 6 aromatic carbocycles. The lowest BCUT2D eigenvalue weighted by Gasteiger charge is -2.30. The zero-order valence-electron chi connectivity index (χ0n) is 47.3. The van der Waals surface area contributed by atoms with Gasteiger partial charge in [-0.05, 0) is 165 Å². The number of piperidine rings is 1. The highest BCUT2D eigenvalue weighted by molar-refractivity contribution is 7.90. The van der Waals surface area contributed by atoms with Crippen LogP contribution < -0.4 is 26.0 Å². The van der Waals surface area contributed by atoms with Crippen LogP contribution in [0, 0.1) is 0 Å². The average molecular weight is 1250 g/mol. The van der Waals surface area contributed by atoms with E-state index in [9.17, 15) is 27.6 Å². The number of halogens is 5. The smallest absolute Gasteiger partial charge is 0.251 e. The van der Waals surface area contributed by atoms with E-state index in [0.29, 0.717) is 101 Å². The third-order valence-corrected chi connectivity index (χ3v) is 19.3. The molecule has 9 rings (SSSR count). The first kappa shape index (κ1) is 64.0. The Hall–Kier alpha value is -5.04. The summed E-state index contributed by atoms with van der Waals surface area (Å²) in [4.78, 5) is 59.9. The van der Waals surface area contributed by atoms with Crippen LogP contribution in [0.2, 0.25) is 25.1 Å². The predicted octanol–water partition coefficient (Wildman–Crippen LogP) is 11.5. The largest absolute Gasteiger partial charge is 0.350 e. The van der Waals surface area contributed by atoms with Crippen LogP contribution >= 0.6 is 58.0 Å². The van der Waals surface area contributed by atoms with Crippen molar-refractivity contribution in [2.24, 2.45) is 0 Å². The number of amides is 4. The van der Waals surface area contributed by atoms with Crippen LogP contribution in [-0.2, 0) is 26.2 Å². The van der Waals surface area contributed by atoms with Crippen molar-refractivity contribution in [2.75, 3.05) is 58.9 Å². The number of benzene rings is 6. The molecule has 3 saturated heterocycles. The van der Waals surface area contributed by atoms with Crippen molar-refractivity contribution in [1.82, 2.24) is 40.7 Å². The van der Waals surface area contributed by atoms with Gasteiger partial charge in [0, 0.05) is 96.6 Å². The molecular weight excluding hydrogens is 1170 g/mol. The highest BCUT2D eigenvalue weighted by Gasteiger charge is 2.34. The molecule has 5 N–H and O–H groups in total. The molecule has 0 bridgehead atoms. The molecule has 0 spiro atoms. The van der Waals surface area contributed by atoms with Crippen LogP contribution in [0.3, 0.4) is 0 Å². The van der Waals surface area contributed by atoms with Crippen molar-refractivity contribution >= 4 is 113 Å². The third-order valence-electron chi connectivity index (χ3n) is 15.9. The lowest BCUT2D eigenvalue weighted by molar-refractivity contribution is -0.134. The second-order valence-corrected chi connectivity index (χ2v) is 26.5. The summed E-state index contributed by atoms with van der Waals surface area (Å²) in [7, 11) is -3.45. The van der Waals surface area contributed by atoms with Gasteiger partial charge in [0.1, 0.15) is 0 Å². The van der Waals surface area contributed by atoms with Gasteiger partial charge >= 0.3 is 0 Å². The minimum Gasteiger partial charge on any atom is -0.350 e. The number of hydrogen-bond donors (Lipinski definition) is 5. The summed E-state index contributed by atoms with van der Waals surface area (Å²) >= 11 is 31.2. The van der Waals surface area contributed by atoms with Crippen LogP contribution in [0.5, 0.6) is 0 Å². The summed E-state index contributed by atoms with van der Waals surface area (Å²) in [5.74, 6) is -0.181. The fraction of sp³-hybridized carbons (Fsp3) is 0.429. The Morgan fingerprint density at radius 3 is 1.72 bits per heavy atom. The molecule has 83 heavy (non-hydrogen) atoms. The van der Waals surface area contributed by atoms with E-state index in [0.717, 1.165) is 53.2 Å². The van der Waals surface area contributed by atoms with Crippen molar-refractivity contribution in [3.63, 3.8) is 0 Å². The van der Waals surface area contributed by atoms with Gasteiger partial charge in [0.05, 0.1) is 27.4 Å². The highest BCUT2D eigenvalue weighted by atomic mass is 35.5. The van der Waals surface area contributed by atoms with Crippen LogP contribution in [0.25, 0.3) is 21.5 Å². The summed E-state index contributed by atoms with van der Waals surface area (Å²) in [6, 6.07) is 34.6. The Balaban J connectivity index is 0.000000217. The summed E-state index contributed by atoms with van der Waals surface area (Å²) in [5.41, 5.74) is 3.04. The minimum absolute atomic E-state index is 0.0243. The van der Waals surface area contributed by atoms with E-state index in [2.05, 4.69) is 49.9 Å². The van der Waals surface area contributed by atoms with Crippen LogP contribution in [0.1, 0.15) is 110 Å². The molecule has 0 aliphatic carbocycles. The maximum atomic E-state index is 13.8. The standard InChI is InChI=1S/C32H41ClN4O4S.C31H34Cl4N4O2/c1-4-23(24-8-6-5-7-9-24)21-37-17-15-29(36-30(32(37)39)14-16-35-42(40,41)22(2)3)20-34-31(38)27-11-10-26-19-28(33)13-12-25(26)18-27;32-24-7-6-20-14-22(5-4-21(20)15-24)30(40)36-18-26-8-13-39(19-23-16-25(33)17-27(34)29(23)35)31(41)28(37-26)9-12-38-10-2-1-3-11-38/h5-13,18-19,22-23,29-30,35-36H,4,14-17,20-21H2,1-3H3,(H,34,38);4-7,14-17,26,28,37H,1-3,8-13,18-19H2,(H,36,40)/t23-,29+,30+;26-,28-/m10/s1. The number of nitrogens with zero attached hydrogens (tertiary/aromatic N) is 3.